The molecule has 0 saturated heterocycles. The predicted octanol–water partition coefficient (Wildman–Crippen LogP) is 6.54. The number of unbranched alkanes of at least 4 members (excludes halogenated alkanes) is 3. The lowest BCUT2D eigenvalue weighted by Crippen LogP contribution is -2.11. The molecule has 1 N–H and O–H groups in total. The molecule has 1 atom stereocenters. The monoisotopic (exact) mass is 340 g/mol. The lowest BCUT2D eigenvalue weighted by Gasteiger charge is -2.22. The van der Waals surface area contributed by atoms with E-state index in [1.165, 1.54) is 38.5 Å². The van der Waals surface area contributed by atoms with Gasteiger partial charge in [0.15, 0.2) is 4.77 Å². The van der Waals surface area contributed by atoms with E-state index in [-0.39, 0.29) is 0 Å². The highest BCUT2D eigenvalue weighted by Gasteiger charge is 2.14. The van der Waals surface area contributed by atoms with Crippen molar-refractivity contribution >= 4 is 24.4 Å². The molecule has 1 heterocycles. The van der Waals surface area contributed by atoms with Crippen LogP contribution in [0.2, 0.25) is 0 Å². The number of rotatable bonds is 10. The van der Waals surface area contributed by atoms with Crippen LogP contribution in [0.15, 0.2) is 12.3 Å². The summed E-state index contributed by atoms with van der Waals surface area (Å²) in [7, 11) is 0. The Hall–Kier alpha value is -0.480. The Morgan fingerprint density at radius 1 is 1.05 bits per heavy atom. The van der Waals surface area contributed by atoms with Crippen molar-refractivity contribution < 1.29 is 0 Å². The van der Waals surface area contributed by atoms with Crippen LogP contribution in [-0.4, -0.2) is 9.55 Å². The summed E-state index contributed by atoms with van der Waals surface area (Å²) in [5, 5.41) is 0. The van der Waals surface area contributed by atoms with E-state index in [1.807, 2.05) is 12.3 Å². The van der Waals surface area contributed by atoms with Gasteiger partial charge in [-0.25, -0.2) is 0 Å². The Morgan fingerprint density at radius 3 is 2.32 bits per heavy atom. The Kier molecular flexibility index (Phi) is 9.18. The fourth-order valence-corrected chi connectivity index (χ4v) is 3.48. The molecule has 4 heteroatoms. The second kappa shape index (κ2) is 10.3. The summed E-state index contributed by atoms with van der Waals surface area (Å²) in [4.78, 5) is 3.03. The summed E-state index contributed by atoms with van der Waals surface area (Å²) in [6.07, 6.45) is 9.91. The summed E-state index contributed by atoms with van der Waals surface area (Å²) in [6, 6.07) is 1.91. The number of aryl methyl sites for hydroxylation is 1. The number of aromatic nitrogens is 2. The molecule has 0 spiro atoms. The van der Waals surface area contributed by atoms with Gasteiger partial charge in [-0.3, -0.25) is 0 Å². The van der Waals surface area contributed by atoms with Gasteiger partial charge in [0, 0.05) is 12.7 Å². The van der Waals surface area contributed by atoms with E-state index >= 15 is 0 Å². The van der Waals surface area contributed by atoms with Crippen LogP contribution < -0.4 is 0 Å². The first-order valence-electron chi connectivity index (χ1n) is 8.70. The van der Waals surface area contributed by atoms with E-state index in [0.717, 1.165) is 29.1 Å². The summed E-state index contributed by atoms with van der Waals surface area (Å²) >= 11 is 10.4. The minimum Gasteiger partial charge on any atom is -0.325 e. The summed E-state index contributed by atoms with van der Waals surface area (Å²) in [5.41, 5.74) is 0. The Bertz CT molecular complexity index is 528. The van der Waals surface area contributed by atoms with Gasteiger partial charge in [-0.05, 0) is 48.9 Å². The lowest BCUT2D eigenvalue weighted by molar-refractivity contribution is 0.289. The van der Waals surface area contributed by atoms with Gasteiger partial charge in [0.2, 0.25) is 0 Å². The Balaban J connectivity index is 2.22. The van der Waals surface area contributed by atoms with Crippen molar-refractivity contribution in [3.63, 3.8) is 0 Å². The van der Waals surface area contributed by atoms with Crippen molar-refractivity contribution in [3.8, 4) is 0 Å². The Morgan fingerprint density at radius 2 is 1.73 bits per heavy atom. The molecule has 0 saturated carbocycles. The molecule has 0 aliphatic rings. The third kappa shape index (κ3) is 7.68. The fraction of sp³-hybridized carbons (Fsp3) is 0.778. The van der Waals surface area contributed by atoms with Crippen molar-refractivity contribution in [1.29, 1.82) is 0 Å². The molecule has 0 aliphatic heterocycles. The first kappa shape index (κ1) is 19.6. The molecule has 126 valence electrons. The van der Waals surface area contributed by atoms with Gasteiger partial charge in [-0.15, -0.1) is 0 Å². The SMILES string of the molecule is CC(C)CC(CCCCCCn1ccc(=S)[nH]c1=S)C(C)C. The molecule has 0 amide bonds. The van der Waals surface area contributed by atoms with Crippen LogP contribution in [0.4, 0.5) is 0 Å². The molecule has 1 rings (SSSR count). The van der Waals surface area contributed by atoms with E-state index in [4.69, 9.17) is 24.4 Å². The molecule has 22 heavy (non-hydrogen) atoms. The second-order valence-electron chi connectivity index (χ2n) is 7.14. The van der Waals surface area contributed by atoms with E-state index in [1.54, 1.807) is 0 Å². The third-order valence-electron chi connectivity index (χ3n) is 4.34. The first-order chi connectivity index (χ1) is 10.4. The molecular weight excluding hydrogens is 308 g/mol. The largest absolute Gasteiger partial charge is 0.325 e. The number of H-pyrrole nitrogens is 1. The zero-order valence-electron chi connectivity index (χ0n) is 14.6. The molecular formula is C18H32N2S2. The molecule has 0 fully saturated rings. The smallest absolute Gasteiger partial charge is 0.178 e. The molecule has 0 bridgehead atoms. The van der Waals surface area contributed by atoms with Crippen LogP contribution >= 0.6 is 24.4 Å². The van der Waals surface area contributed by atoms with Crippen LogP contribution in [0.3, 0.4) is 0 Å². The van der Waals surface area contributed by atoms with E-state index in [9.17, 15) is 0 Å². The fourth-order valence-electron chi connectivity index (χ4n) is 2.99. The molecule has 0 aliphatic carbocycles. The highest BCUT2D eigenvalue weighted by atomic mass is 32.1. The van der Waals surface area contributed by atoms with E-state index in [2.05, 4.69) is 37.2 Å². The molecule has 1 unspecified atom stereocenters. The molecule has 0 radical (unpaired) electrons. The number of hydrogen-bond acceptors (Lipinski definition) is 2. The number of aromatic amines is 1. The van der Waals surface area contributed by atoms with Crippen molar-refractivity contribution in [2.24, 2.45) is 17.8 Å². The number of hydrogen-bond donors (Lipinski definition) is 1. The highest BCUT2D eigenvalue weighted by molar-refractivity contribution is 7.72. The van der Waals surface area contributed by atoms with Crippen LogP contribution in [0, 0.1) is 27.2 Å². The van der Waals surface area contributed by atoms with Crippen molar-refractivity contribution in [1.82, 2.24) is 9.55 Å². The van der Waals surface area contributed by atoms with Crippen LogP contribution in [-0.2, 0) is 6.54 Å². The Labute approximate surface area is 146 Å². The van der Waals surface area contributed by atoms with E-state index < -0.39 is 0 Å². The lowest BCUT2D eigenvalue weighted by atomic mass is 9.84. The van der Waals surface area contributed by atoms with Crippen molar-refractivity contribution in [2.75, 3.05) is 0 Å². The summed E-state index contributed by atoms with van der Waals surface area (Å²) in [6.45, 7) is 10.4. The maximum absolute atomic E-state index is 5.28. The van der Waals surface area contributed by atoms with Crippen LogP contribution in [0.5, 0.6) is 0 Å². The third-order valence-corrected chi connectivity index (χ3v) is 4.91. The van der Waals surface area contributed by atoms with Gasteiger partial charge in [0.05, 0.1) is 0 Å². The minimum atomic E-state index is 0.714. The second-order valence-corrected chi connectivity index (χ2v) is 7.97. The van der Waals surface area contributed by atoms with Gasteiger partial charge in [0.25, 0.3) is 0 Å². The summed E-state index contributed by atoms with van der Waals surface area (Å²) < 4.78 is 3.54. The van der Waals surface area contributed by atoms with Crippen LogP contribution in [0.1, 0.15) is 66.2 Å². The van der Waals surface area contributed by atoms with Gasteiger partial charge < -0.3 is 9.55 Å². The quantitative estimate of drug-likeness (QED) is 0.385. The standard InChI is InChI=1S/C18H32N2S2/c1-14(2)13-16(15(3)4)9-7-5-6-8-11-20-12-10-17(21)19-18(20)22/h10,12,14-16H,5-9,11,13H2,1-4H3,(H,19,21,22). The molecule has 1 aromatic rings. The van der Waals surface area contributed by atoms with Gasteiger partial charge in [-0.1, -0.05) is 65.6 Å². The average Bonchev–Trinajstić information content (AvgIpc) is 2.42. The van der Waals surface area contributed by atoms with Gasteiger partial charge in [0.1, 0.15) is 4.64 Å². The molecule has 1 aromatic heterocycles. The summed E-state index contributed by atoms with van der Waals surface area (Å²) in [5.74, 6) is 2.52. The van der Waals surface area contributed by atoms with Crippen molar-refractivity contribution in [3.05, 3.63) is 21.7 Å². The predicted molar refractivity (Wildman–Crippen MR) is 101 cm³/mol. The van der Waals surface area contributed by atoms with Gasteiger partial charge >= 0.3 is 0 Å². The first-order valence-corrected chi connectivity index (χ1v) is 9.51. The highest BCUT2D eigenvalue weighted by Crippen LogP contribution is 2.25. The maximum Gasteiger partial charge on any atom is 0.178 e. The van der Waals surface area contributed by atoms with Crippen molar-refractivity contribution in [2.45, 2.75) is 72.8 Å². The zero-order chi connectivity index (χ0) is 16.5. The zero-order valence-corrected chi connectivity index (χ0v) is 16.2. The number of nitrogens with one attached hydrogen (secondary N) is 1. The van der Waals surface area contributed by atoms with E-state index in [0.29, 0.717) is 4.64 Å². The van der Waals surface area contributed by atoms with Crippen LogP contribution in [0.25, 0.3) is 0 Å². The maximum atomic E-state index is 5.28. The molecule has 2 nitrogen and oxygen atoms in total. The normalized spacial score (nSPS) is 13.0. The topological polar surface area (TPSA) is 20.7 Å². The molecule has 0 aromatic carbocycles. The van der Waals surface area contributed by atoms with Gasteiger partial charge in [-0.2, -0.15) is 0 Å². The number of nitrogens with zero attached hydrogens (tertiary/aromatic N) is 1. The minimum absolute atomic E-state index is 0.714. The average molecular weight is 341 g/mol.